The molecule has 0 bridgehead atoms. The first kappa shape index (κ1) is 20.1. The molecule has 0 aliphatic carbocycles. The molecule has 0 radical (unpaired) electrons. The highest BCUT2D eigenvalue weighted by Crippen LogP contribution is 2.27. The van der Waals surface area contributed by atoms with Gasteiger partial charge in [-0.15, -0.1) is 0 Å². The number of rotatable bonds is 7. The highest BCUT2D eigenvalue weighted by molar-refractivity contribution is 5.78. The molecule has 0 fully saturated rings. The maximum atomic E-state index is 14.2. The Balaban J connectivity index is 1.47. The van der Waals surface area contributed by atoms with E-state index in [1.54, 1.807) is 41.1 Å². The second kappa shape index (κ2) is 8.38. The van der Waals surface area contributed by atoms with Crippen molar-refractivity contribution in [1.82, 2.24) is 30.1 Å². The summed E-state index contributed by atoms with van der Waals surface area (Å²) in [7, 11) is 0. The van der Waals surface area contributed by atoms with Gasteiger partial charge in [-0.2, -0.15) is 5.10 Å². The molecule has 0 amide bonds. The van der Waals surface area contributed by atoms with Gasteiger partial charge in [-0.3, -0.25) is 4.68 Å². The Labute approximate surface area is 186 Å². The van der Waals surface area contributed by atoms with Gasteiger partial charge in [0.2, 0.25) is 0 Å². The molecule has 4 heterocycles. The summed E-state index contributed by atoms with van der Waals surface area (Å²) in [5.74, 6) is 0.155. The Morgan fingerprint density at radius 1 is 1.09 bits per heavy atom. The van der Waals surface area contributed by atoms with Crippen LogP contribution < -0.4 is 11.1 Å². The monoisotopic (exact) mass is 444 g/mol. The second-order valence-electron chi connectivity index (χ2n) is 7.03. The van der Waals surface area contributed by atoms with Gasteiger partial charge in [-0.1, -0.05) is 35.1 Å². The van der Waals surface area contributed by atoms with E-state index in [1.165, 1.54) is 24.8 Å². The van der Waals surface area contributed by atoms with E-state index in [0.717, 1.165) is 0 Å². The van der Waals surface area contributed by atoms with Crippen LogP contribution in [-0.4, -0.2) is 30.1 Å². The van der Waals surface area contributed by atoms with E-state index in [4.69, 9.17) is 14.8 Å². The molecule has 1 aromatic carbocycles. The molecule has 164 valence electrons. The molecule has 0 aliphatic heterocycles. The van der Waals surface area contributed by atoms with Gasteiger partial charge in [0.15, 0.2) is 11.6 Å². The fraction of sp³-hybridized carbons (Fsp3) is 0.0455. The number of nitrogen functional groups attached to an aromatic ring is 1. The smallest absolute Gasteiger partial charge is 0.182 e. The lowest BCUT2D eigenvalue weighted by Crippen LogP contribution is -2.07. The molecule has 5 rings (SSSR count). The number of hydrogen-bond donors (Lipinski definition) is 2. The zero-order valence-corrected chi connectivity index (χ0v) is 17.1. The van der Waals surface area contributed by atoms with Crippen LogP contribution in [0, 0.1) is 5.82 Å². The molecule has 3 N–H and O–H groups in total. The van der Waals surface area contributed by atoms with Crippen molar-refractivity contribution in [3.05, 3.63) is 84.8 Å². The topological polar surface area (TPSA) is 134 Å². The number of anilines is 2. The van der Waals surface area contributed by atoms with Crippen molar-refractivity contribution in [1.29, 1.82) is 0 Å². The fourth-order valence-corrected chi connectivity index (χ4v) is 3.19. The first-order valence-electron chi connectivity index (χ1n) is 9.80. The van der Waals surface area contributed by atoms with E-state index in [1.807, 2.05) is 0 Å². The Bertz CT molecular complexity index is 1410. The summed E-state index contributed by atoms with van der Waals surface area (Å²) in [6, 6.07) is 11.6. The lowest BCUT2D eigenvalue weighted by Gasteiger charge is -2.09. The third-order valence-corrected chi connectivity index (χ3v) is 4.84. The third kappa shape index (κ3) is 4.06. The predicted octanol–water partition coefficient (Wildman–Crippen LogP) is 3.84. The molecule has 0 atom stereocenters. The number of aromatic nitrogens is 6. The average molecular weight is 444 g/mol. The Morgan fingerprint density at radius 3 is 2.64 bits per heavy atom. The summed E-state index contributed by atoms with van der Waals surface area (Å²) in [5.41, 5.74) is 9.67. The summed E-state index contributed by atoms with van der Waals surface area (Å²) in [4.78, 5) is 8.74. The molecule has 11 heteroatoms. The number of nitrogens with zero attached hydrogens (tertiary/aromatic N) is 6. The molecule has 0 aliphatic rings. The molecule has 10 nitrogen and oxygen atoms in total. The van der Waals surface area contributed by atoms with Crippen LogP contribution in [0.15, 0.2) is 76.8 Å². The first-order chi connectivity index (χ1) is 16.1. The van der Waals surface area contributed by atoms with Gasteiger partial charge < -0.3 is 20.1 Å². The van der Waals surface area contributed by atoms with Crippen LogP contribution in [0.25, 0.3) is 28.6 Å². The standard InChI is InChI=1S/C22H17FN8O2/c1-13(16-6-8-32-29-16)26-19-11-25-22(27-21(19)24)18-10-20(17-7-9-33-30-17)31(28-18)12-14-4-2-3-5-15(14)23/h2-11,26H,1,12H2,(H2,24,25,27). The van der Waals surface area contributed by atoms with Gasteiger partial charge in [0.25, 0.3) is 0 Å². The quantitative estimate of drug-likeness (QED) is 0.384. The maximum Gasteiger partial charge on any atom is 0.182 e. The van der Waals surface area contributed by atoms with Crippen molar-refractivity contribution < 1.29 is 13.4 Å². The van der Waals surface area contributed by atoms with Crippen LogP contribution in [-0.2, 0) is 6.54 Å². The molecule has 0 saturated heterocycles. The summed E-state index contributed by atoms with van der Waals surface area (Å²) in [5, 5.41) is 15.4. The lowest BCUT2D eigenvalue weighted by molar-refractivity contribution is 0.418. The lowest BCUT2D eigenvalue weighted by atomic mass is 10.2. The van der Waals surface area contributed by atoms with Gasteiger partial charge in [0.1, 0.15) is 41.1 Å². The van der Waals surface area contributed by atoms with E-state index < -0.39 is 0 Å². The molecule has 4 aromatic heterocycles. The van der Waals surface area contributed by atoms with Crippen LogP contribution in [0.2, 0.25) is 0 Å². The maximum absolute atomic E-state index is 14.2. The second-order valence-corrected chi connectivity index (χ2v) is 7.03. The normalized spacial score (nSPS) is 10.9. The van der Waals surface area contributed by atoms with Crippen LogP contribution in [0.3, 0.4) is 0 Å². The third-order valence-electron chi connectivity index (χ3n) is 4.84. The molecular formula is C22H17FN8O2. The molecule has 0 unspecified atom stereocenters. The van der Waals surface area contributed by atoms with E-state index >= 15 is 0 Å². The Kier molecular flexibility index (Phi) is 5.11. The van der Waals surface area contributed by atoms with Crippen LogP contribution in [0.1, 0.15) is 11.3 Å². The van der Waals surface area contributed by atoms with Crippen LogP contribution >= 0.6 is 0 Å². The summed E-state index contributed by atoms with van der Waals surface area (Å²) in [6.45, 7) is 4.08. The molecule has 0 spiro atoms. The number of halogens is 1. The zero-order valence-electron chi connectivity index (χ0n) is 17.1. The first-order valence-corrected chi connectivity index (χ1v) is 9.80. The highest BCUT2D eigenvalue weighted by Gasteiger charge is 2.18. The van der Waals surface area contributed by atoms with Crippen molar-refractivity contribution in [3.8, 4) is 22.9 Å². The van der Waals surface area contributed by atoms with Crippen LogP contribution in [0.5, 0.6) is 0 Å². The molecule has 5 aromatic rings. The molecule has 33 heavy (non-hydrogen) atoms. The summed E-state index contributed by atoms with van der Waals surface area (Å²) < 4.78 is 25.6. The van der Waals surface area contributed by atoms with Crippen molar-refractivity contribution in [2.45, 2.75) is 6.54 Å². The van der Waals surface area contributed by atoms with Crippen LogP contribution in [0.4, 0.5) is 15.9 Å². The number of nitrogens with two attached hydrogens (primary N) is 1. The highest BCUT2D eigenvalue weighted by atomic mass is 19.1. The van der Waals surface area contributed by atoms with E-state index in [9.17, 15) is 4.39 Å². The van der Waals surface area contributed by atoms with Gasteiger partial charge >= 0.3 is 0 Å². The molecule has 0 saturated carbocycles. The number of hydrogen-bond acceptors (Lipinski definition) is 9. The van der Waals surface area contributed by atoms with Gasteiger partial charge in [-0.25, -0.2) is 14.4 Å². The number of benzene rings is 1. The number of nitrogens with one attached hydrogen (secondary N) is 1. The largest absolute Gasteiger partial charge is 0.382 e. The Morgan fingerprint density at radius 2 is 1.91 bits per heavy atom. The van der Waals surface area contributed by atoms with Gasteiger partial charge in [0.05, 0.1) is 24.1 Å². The summed E-state index contributed by atoms with van der Waals surface area (Å²) in [6.07, 6.45) is 4.41. The Hall–Kier alpha value is -4.80. The fourth-order valence-electron chi connectivity index (χ4n) is 3.19. The van der Waals surface area contributed by atoms with Gasteiger partial charge in [0, 0.05) is 17.7 Å². The van der Waals surface area contributed by atoms with E-state index in [-0.39, 0.29) is 18.2 Å². The predicted molar refractivity (Wildman–Crippen MR) is 118 cm³/mol. The van der Waals surface area contributed by atoms with E-state index in [2.05, 4.69) is 37.3 Å². The van der Waals surface area contributed by atoms with Crippen molar-refractivity contribution >= 4 is 17.2 Å². The summed E-state index contributed by atoms with van der Waals surface area (Å²) >= 11 is 0. The SMILES string of the molecule is C=C(Nc1cnc(-c2cc(-c3ccon3)n(Cc3ccccc3F)n2)nc1N)c1ccon1. The van der Waals surface area contributed by atoms with Crippen molar-refractivity contribution in [2.24, 2.45) is 0 Å². The minimum Gasteiger partial charge on any atom is -0.382 e. The minimum absolute atomic E-state index is 0.182. The van der Waals surface area contributed by atoms with Crippen molar-refractivity contribution in [3.63, 3.8) is 0 Å². The van der Waals surface area contributed by atoms with E-state index in [0.29, 0.717) is 45.5 Å². The van der Waals surface area contributed by atoms with Crippen molar-refractivity contribution in [2.75, 3.05) is 11.1 Å². The molecular weight excluding hydrogens is 427 g/mol. The average Bonchev–Trinajstić information content (AvgIpc) is 3.58. The van der Waals surface area contributed by atoms with Gasteiger partial charge in [-0.05, 0) is 12.1 Å². The zero-order chi connectivity index (χ0) is 22.8. The minimum atomic E-state index is -0.330.